The first-order valence-electron chi connectivity index (χ1n) is 9.25. The van der Waals surface area contributed by atoms with Crippen LogP contribution in [0.5, 0.6) is 0 Å². The number of halogens is 1. The van der Waals surface area contributed by atoms with Gasteiger partial charge in [0.05, 0.1) is 23.7 Å². The van der Waals surface area contributed by atoms with Crippen molar-refractivity contribution in [3.63, 3.8) is 0 Å². The SMILES string of the molecule is CCC(CS(=O)(=O)c1ccccc1)NC(=NC)N1CCC(C(=O)OC)CC1.I. The predicted molar refractivity (Wildman–Crippen MR) is 121 cm³/mol. The van der Waals surface area contributed by atoms with Gasteiger partial charge in [0, 0.05) is 26.2 Å². The molecule has 1 aromatic carbocycles. The molecule has 9 heteroatoms. The summed E-state index contributed by atoms with van der Waals surface area (Å²) in [6, 6.07) is 8.25. The Bertz CT molecular complexity index is 748. The minimum absolute atomic E-state index is 0. The molecule has 1 fully saturated rings. The van der Waals surface area contributed by atoms with Gasteiger partial charge in [0.2, 0.25) is 0 Å². The van der Waals surface area contributed by atoms with Crippen molar-refractivity contribution in [1.82, 2.24) is 10.2 Å². The fourth-order valence-electron chi connectivity index (χ4n) is 3.22. The maximum atomic E-state index is 12.7. The molecule has 0 spiro atoms. The first kappa shape index (κ1) is 24.7. The highest BCUT2D eigenvalue weighted by atomic mass is 127. The van der Waals surface area contributed by atoms with Gasteiger partial charge in [-0.2, -0.15) is 0 Å². The van der Waals surface area contributed by atoms with Crippen LogP contribution >= 0.6 is 24.0 Å². The molecule has 0 bridgehead atoms. The average molecular weight is 523 g/mol. The van der Waals surface area contributed by atoms with E-state index in [4.69, 9.17) is 4.74 Å². The number of hydrogen-bond acceptors (Lipinski definition) is 5. The average Bonchev–Trinajstić information content (AvgIpc) is 2.71. The Morgan fingerprint density at radius 2 is 1.89 bits per heavy atom. The summed E-state index contributed by atoms with van der Waals surface area (Å²) in [6.45, 7) is 3.32. The van der Waals surface area contributed by atoms with Crippen LogP contribution in [0.1, 0.15) is 26.2 Å². The molecule has 28 heavy (non-hydrogen) atoms. The third-order valence-corrected chi connectivity index (χ3v) is 6.72. The van der Waals surface area contributed by atoms with Gasteiger partial charge in [-0.1, -0.05) is 25.1 Å². The lowest BCUT2D eigenvalue weighted by atomic mass is 9.97. The van der Waals surface area contributed by atoms with Gasteiger partial charge in [-0.15, -0.1) is 24.0 Å². The minimum Gasteiger partial charge on any atom is -0.469 e. The fourth-order valence-corrected chi connectivity index (χ4v) is 4.84. The first-order chi connectivity index (χ1) is 12.9. The summed E-state index contributed by atoms with van der Waals surface area (Å²) in [5.41, 5.74) is 0. The quantitative estimate of drug-likeness (QED) is 0.267. The molecule has 7 nitrogen and oxygen atoms in total. The van der Waals surface area contributed by atoms with E-state index in [9.17, 15) is 13.2 Å². The number of nitrogens with zero attached hydrogens (tertiary/aromatic N) is 2. The Morgan fingerprint density at radius 3 is 2.39 bits per heavy atom. The van der Waals surface area contributed by atoms with Crippen LogP contribution in [0.3, 0.4) is 0 Å². The van der Waals surface area contributed by atoms with Gasteiger partial charge >= 0.3 is 5.97 Å². The van der Waals surface area contributed by atoms with E-state index in [-0.39, 0.29) is 47.7 Å². The van der Waals surface area contributed by atoms with Gasteiger partial charge in [-0.25, -0.2) is 8.42 Å². The molecule has 2 rings (SSSR count). The summed E-state index contributed by atoms with van der Waals surface area (Å²) in [5, 5.41) is 3.29. The van der Waals surface area contributed by atoms with Crippen LogP contribution in [0.25, 0.3) is 0 Å². The third-order valence-electron chi connectivity index (χ3n) is 4.89. The molecule has 1 atom stereocenters. The highest BCUT2D eigenvalue weighted by molar-refractivity contribution is 14.0. The van der Waals surface area contributed by atoms with E-state index in [0.29, 0.717) is 43.2 Å². The van der Waals surface area contributed by atoms with E-state index in [1.54, 1.807) is 37.4 Å². The van der Waals surface area contributed by atoms with Crippen molar-refractivity contribution in [1.29, 1.82) is 0 Å². The number of carbonyl (C=O) groups is 1. The Kier molecular flexibility index (Phi) is 10.2. The van der Waals surface area contributed by atoms with Crippen LogP contribution < -0.4 is 5.32 Å². The number of benzene rings is 1. The van der Waals surface area contributed by atoms with Crippen LogP contribution in [-0.4, -0.2) is 64.3 Å². The molecule has 1 aliphatic rings. The second-order valence-electron chi connectivity index (χ2n) is 6.68. The molecule has 0 aromatic heterocycles. The van der Waals surface area contributed by atoms with Gasteiger partial charge in [0.15, 0.2) is 15.8 Å². The lowest BCUT2D eigenvalue weighted by Gasteiger charge is -2.34. The van der Waals surface area contributed by atoms with Crippen LogP contribution in [0.15, 0.2) is 40.2 Å². The van der Waals surface area contributed by atoms with Crippen molar-refractivity contribution in [2.24, 2.45) is 10.9 Å². The molecular formula is C19H30IN3O4S. The van der Waals surface area contributed by atoms with Gasteiger partial charge < -0.3 is 15.0 Å². The Hall–Kier alpha value is -1.36. The van der Waals surface area contributed by atoms with Crippen LogP contribution in [-0.2, 0) is 19.4 Å². The van der Waals surface area contributed by atoms with Crippen LogP contribution in [0, 0.1) is 5.92 Å². The summed E-state index contributed by atoms with van der Waals surface area (Å²) in [7, 11) is -0.278. The van der Waals surface area contributed by atoms with Crippen molar-refractivity contribution in [2.75, 3.05) is 33.0 Å². The first-order valence-corrected chi connectivity index (χ1v) is 10.9. The molecule has 158 valence electrons. The number of ether oxygens (including phenoxy) is 1. The molecule has 1 saturated heterocycles. The number of sulfone groups is 1. The molecule has 0 aliphatic carbocycles. The van der Waals surface area contributed by atoms with Gasteiger partial charge in [-0.3, -0.25) is 9.79 Å². The number of piperidine rings is 1. The normalized spacial score (nSPS) is 16.8. The zero-order valence-electron chi connectivity index (χ0n) is 16.6. The van der Waals surface area contributed by atoms with E-state index in [0.717, 1.165) is 0 Å². The highest BCUT2D eigenvalue weighted by Crippen LogP contribution is 2.19. The largest absolute Gasteiger partial charge is 0.469 e. The van der Waals surface area contributed by atoms with E-state index in [1.165, 1.54) is 7.11 Å². The van der Waals surface area contributed by atoms with Crippen molar-refractivity contribution in [3.8, 4) is 0 Å². The summed E-state index contributed by atoms with van der Waals surface area (Å²) >= 11 is 0. The van der Waals surface area contributed by atoms with Crippen molar-refractivity contribution < 1.29 is 17.9 Å². The van der Waals surface area contributed by atoms with Gasteiger partial charge in [0.1, 0.15) is 0 Å². The number of guanidine groups is 1. The van der Waals surface area contributed by atoms with Crippen molar-refractivity contribution in [2.45, 2.75) is 37.1 Å². The number of methoxy groups -OCH3 is 1. The number of hydrogen-bond donors (Lipinski definition) is 1. The molecule has 0 amide bonds. The number of esters is 1. The molecule has 1 aliphatic heterocycles. The van der Waals surface area contributed by atoms with E-state index >= 15 is 0 Å². The summed E-state index contributed by atoms with van der Waals surface area (Å²) in [6.07, 6.45) is 2.06. The summed E-state index contributed by atoms with van der Waals surface area (Å²) < 4.78 is 30.1. The monoisotopic (exact) mass is 523 g/mol. The fraction of sp³-hybridized carbons (Fsp3) is 0.579. The van der Waals surface area contributed by atoms with E-state index in [1.807, 2.05) is 6.92 Å². The molecule has 1 unspecified atom stereocenters. The lowest BCUT2D eigenvalue weighted by molar-refractivity contribution is -0.146. The maximum absolute atomic E-state index is 12.7. The summed E-state index contributed by atoms with van der Waals surface area (Å²) in [4.78, 5) is 18.4. The number of likely N-dealkylation sites (tertiary alicyclic amines) is 1. The second kappa shape index (κ2) is 11.6. The van der Waals surface area contributed by atoms with Crippen molar-refractivity contribution >= 4 is 45.7 Å². The number of aliphatic imine (C=N–C) groups is 1. The number of rotatable bonds is 6. The van der Waals surface area contributed by atoms with Gasteiger partial charge in [0.25, 0.3) is 0 Å². The van der Waals surface area contributed by atoms with E-state index in [2.05, 4.69) is 15.2 Å². The molecule has 1 aromatic rings. The molecule has 0 saturated carbocycles. The third kappa shape index (κ3) is 6.61. The molecule has 1 heterocycles. The number of nitrogens with one attached hydrogen (secondary N) is 1. The Balaban J connectivity index is 0.00000392. The zero-order valence-corrected chi connectivity index (χ0v) is 19.8. The van der Waals surface area contributed by atoms with Crippen LogP contribution in [0.4, 0.5) is 0 Å². The second-order valence-corrected chi connectivity index (χ2v) is 8.71. The zero-order chi connectivity index (χ0) is 19.9. The molecule has 1 N–H and O–H groups in total. The predicted octanol–water partition coefficient (Wildman–Crippen LogP) is 2.32. The minimum atomic E-state index is -3.38. The smallest absolute Gasteiger partial charge is 0.308 e. The molecule has 0 radical (unpaired) electrons. The standard InChI is InChI=1S/C19H29N3O4S.HI/c1-4-16(14-27(24,25)17-8-6-5-7-9-17)21-19(20-2)22-12-10-15(11-13-22)18(23)26-3;/h5-9,15-16H,4,10-14H2,1-3H3,(H,20,21);1H. The Morgan fingerprint density at radius 1 is 1.29 bits per heavy atom. The lowest BCUT2D eigenvalue weighted by Crippen LogP contribution is -2.51. The van der Waals surface area contributed by atoms with Crippen LogP contribution in [0.2, 0.25) is 0 Å². The maximum Gasteiger partial charge on any atom is 0.308 e. The van der Waals surface area contributed by atoms with Gasteiger partial charge in [-0.05, 0) is 31.4 Å². The molecular weight excluding hydrogens is 493 g/mol. The number of carbonyl (C=O) groups excluding carboxylic acids is 1. The highest BCUT2D eigenvalue weighted by Gasteiger charge is 2.28. The summed E-state index contributed by atoms with van der Waals surface area (Å²) in [5.74, 6) is 0.432. The van der Waals surface area contributed by atoms with Crippen molar-refractivity contribution in [3.05, 3.63) is 30.3 Å². The topological polar surface area (TPSA) is 88.1 Å². The van der Waals surface area contributed by atoms with E-state index < -0.39 is 9.84 Å². The Labute approximate surface area is 184 Å².